The molecule has 0 amide bonds. The Kier molecular flexibility index (Phi) is 7.02. The van der Waals surface area contributed by atoms with Crippen molar-refractivity contribution in [3.8, 4) is 0 Å². The third-order valence-corrected chi connectivity index (χ3v) is 3.13. The van der Waals surface area contributed by atoms with Crippen molar-refractivity contribution in [1.82, 2.24) is 0 Å². The van der Waals surface area contributed by atoms with Gasteiger partial charge >= 0.3 is 5.97 Å². The van der Waals surface area contributed by atoms with E-state index < -0.39 is 9.76 Å². The fourth-order valence-corrected chi connectivity index (χ4v) is 2.26. The van der Waals surface area contributed by atoms with Crippen molar-refractivity contribution in [3.63, 3.8) is 0 Å². The molecular weight excluding hydrogens is 188 g/mol. The Balaban J connectivity index is 3.50. The fourth-order valence-electron chi connectivity index (χ4n) is 0.644. The number of unbranched alkanes of at least 4 members (excludes halogenated alkanes) is 1. The van der Waals surface area contributed by atoms with Gasteiger partial charge in [-0.05, 0) is 6.42 Å². The highest BCUT2D eigenvalue weighted by Gasteiger charge is 2.07. The van der Waals surface area contributed by atoms with E-state index >= 15 is 0 Å². The van der Waals surface area contributed by atoms with E-state index in [9.17, 15) is 4.79 Å². The first kappa shape index (κ1) is 11.6. The number of carbonyl (C=O) groups excluding carboxylic acids is 1. The molecule has 0 radical (unpaired) electrons. The Labute approximate surface area is 78.6 Å². The molecular formula is C7H16O3Si2. The van der Waals surface area contributed by atoms with Gasteiger partial charge in [0.1, 0.15) is 10.5 Å². The standard InChI is InChI=1S/C7H16O3Si2/c1-3-4-5-9-7(8)6(2)12-10-11/h2-5,12H2,1,11H3. The molecule has 0 unspecified atom stereocenters. The SMILES string of the molecule is C=C([SiH2]O[SiH3])C(=O)OCCCC. The van der Waals surface area contributed by atoms with Crippen molar-refractivity contribution < 1.29 is 13.6 Å². The molecule has 5 heteroatoms. The fraction of sp³-hybridized carbons (Fsp3) is 0.571. The number of carbonyl (C=O) groups is 1. The quantitative estimate of drug-likeness (QED) is 0.247. The molecule has 0 aliphatic carbocycles. The molecule has 0 saturated heterocycles. The second-order valence-corrected chi connectivity index (χ2v) is 5.98. The summed E-state index contributed by atoms with van der Waals surface area (Å²) < 4.78 is 9.94. The van der Waals surface area contributed by atoms with Crippen molar-refractivity contribution >= 4 is 26.2 Å². The van der Waals surface area contributed by atoms with E-state index in [1.165, 1.54) is 0 Å². The Morgan fingerprint density at radius 1 is 1.67 bits per heavy atom. The molecule has 0 rings (SSSR count). The predicted octanol–water partition coefficient (Wildman–Crippen LogP) is -0.776. The van der Waals surface area contributed by atoms with Crippen LogP contribution >= 0.6 is 0 Å². The van der Waals surface area contributed by atoms with Crippen LogP contribution in [0.4, 0.5) is 0 Å². The Bertz CT molecular complexity index is 159. The second-order valence-electron chi connectivity index (χ2n) is 2.53. The van der Waals surface area contributed by atoms with Crippen LogP contribution in [0.15, 0.2) is 11.8 Å². The Morgan fingerprint density at radius 3 is 2.83 bits per heavy atom. The molecule has 0 aliphatic heterocycles. The summed E-state index contributed by atoms with van der Waals surface area (Å²) in [5.74, 6) is -0.272. The largest absolute Gasteiger partial charge is 0.464 e. The molecule has 0 fully saturated rings. The van der Waals surface area contributed by atoms with E-state index in [-0.39, 0.29) is 5.97 Å². The normalized spacial score (nSPS) is 10.8. The van der Waals surface area contributed by atoms with Crippen molar-refractivity contribution in [2.75, 3.05) is 6.61 Å². The lowest BCUT2D eigenvalue weighted by atomic mass is 10.4. The van der Waals surface area contributed by atoms with Crippen LogP contribution in [0, 0.1) is 0 Å². The number of ether oxygens (including phenoxy) is 1. The maximum absolute atomic E-state index is 11.1. The van der Waals surface area contributed by atoms with Crippen LogP contribution in [0.2, 0.25) is 0 Å². The van der Waals surface area contributed by atoms with E-state index in [0.717, 1.165) is 12.8 Å². The highest BCUT2D eigenvalue weighted by Crippen LogP contribution is 1.95. The monoisotopic (exact) mass is 204 g/mol. The lowest BCUT2D eigenvalue weighted by Crippen LogP contribution is -2.14. The van der Waals surface area contributed by atoms with Crippen LogP contribution in [0.1, 0.15) is 19.8 Å². The number of rotatable bonds is 6. The predicted molar refractivity (Wildman–Crippen MR) is 54.6 cm³/mol. The molecule has 0 aromatic carbocycles. The number of hydrogen-bond acceptors (Lipinski definition) is 3. The van der Waals surface area contributed by atoms with Crippen molar-refractivity contribution in [3.05, 3.63) is 11.8 Å². The molecule has 3 nitrogen and oxygen atoms in total. The van der Waals surface area contributed by atoms with Gasteiger partial charge in [0.05, 0.1) is 6.61 Å². The summed E-state index contributed by atoms with van der Waals surface area (Å²) in [6.45, 7) is 6.17. The zero-order valence-corrected chi connectivity index (χ0v) is 11.2. The minimum absolute atomic E-state index is 0.272. The minimum atomic E-state index is -0.843. The minimum Gasteiger partial charge on any atom is -0.464 e. The molecule has 0 aliphatic rings. The number of hydrogen-bond donors (Lipinski definition) is 0. The van der Waals surface area contributed by atoms with E-state index in [1.54, 1.807) is 0 Å². The van der Waals surface area contributed by atoms with Gasteiger partial charge in [0, 0.05) is 5.20 Å². The number of esters is 1. The Hall–Kier alpha value is -0.396. The zero-order valence-electron chi connectivity index (χ0n) is 7.76. The van der Waals surface area contributed by atoms with E-state index in [4.69, 9.17) is 8.85 Å². The summed E-state index contributed by atoms with van der Waals surface area (Å²) in [6.07, 6.45) is 1.96. The van der Waals surface area contributed by atoms with Gasteiger partial charge in [-0.15, -0.1) is 0 Å². The zero-order chi connectivity index (χ0) is 9.40. The van der Waals surface area contributed by atoms with E-state index in [1.807, 2.05) is 0 Å². The highest BCUT2D eigenvalue weighted by atomic mass is 28.3. The van der Waals surface area contributed by atoms with Gasteiger partial charge in [-0.25, -0.2) is 4.79 Å². The van der Waals surface area contributed by atoms with Crippen LogP contribution in [0.3, 0.4) is 0 Å². The summed E-state index contributed by atoms with van der Waals surface area (Å²) in [6, 6.07) is 0. The molecule has 70 valence electrons. The van der Waals surface area contributed by atoms with Crippen LogP contribution < -0.4 is 0 Å². The van der Waals surface area contributed by atoms with E-state index in [2.05, 4.69) is 13.5 Å². The lowest BCUT2D eigenvalue weighted by Gasteiger charge is -2.04. The molecule has 0 aromatic rings. The topological polar surface area (TPSA) is 35.5 Å². The van der Waals surface area contributed by atoms with Crippen LogP contribution in [0.5, 0.6) is 0 Å². The van der Waals surface area contributed by atoms with Gasteiger partial charge in [-0.1, -0.05) is 19.9 Å². The molecule has 0 bridgehead atoms. The molecule has 0 spiro atoms. The molecule has 0 heterocycles. The van der Waals surface area contributed by atoms with Gasteiger partial charge in [-0.2, -0.15) is 0 Å². The summed E-state index contributed by atoms with van der Waals surface area (Å²) in [7, 11) is -0.161. The van der Waals surface area contributed by atoms with Crippen molar-refractivity contribution in [2.24, 2.45) is 0 Å². The average Bonchev–Trinajstić information content (AvgIpc) is 2.05. The lowest BCUT2D eigenvalue weighted by molar-refractivity contribution is -0.138. The molecule has 0 N–H and O–H groups in total. The maximum Gasteiger partial charge on any atom is 0.331 e. The van der Waals surface area contributed by atoms with Crippen LogP contribution in [0.25, 0.3) is 0 Å². The molecule has 0 saturated carbocycles. The molecule has 0 atom stereocenters. The van der Waals surface area contributed by atoms with Crippen molar-refractivity contribution in [2.45, 2.75) is 19.8 Å². The Morgan fingerprint density at radius 2 is 2.33 bits per heavy atom. The summed E-state index contributed by atoms with van der Waals surface area (Å²) in [5, 5.41) is 0.543. The van der Waals surface area contributed by atoms with Crippen LogP contribution in [-0.2, 0) is 13.6 Å². The first-order valence-corrected chi connectivity index (χ1v) is 6.16. The summed E-state index contributed by atoms with van der Waals surface area (Å²) in [4.78, 5) is 11.1. The van der Waals surface area contributed by atoms with E-state index in [0.29, 0.717) is 22.3 Å². The van der Waals surface area contributed by atoms with Gasteiger partial charge in [0.15, 0.2) is 9.76 Å². The average molecular weight is 204 g/mol. The summed E-state index contributed by atoms with van der Waals surface area (Å²) >= 11 is 0. The first-order chi connectivity index (χ1) is 5.72. The van der Waals surface area contributed by atoms with Crippen LogP contribution in [-0.4, -0.2) is 32.8 Å². The highest BCUT2D eigenvalue weighted by molar-refractivity contribution is 6.50. The van der Waals surface area contributed by atoms with Gasteiger partial charge in [0.2, 0.25) is 0 Å². The van der Waals surface area contributed by atoms with Gasteiger partial charge in [-0.3, -0.25) is 0 Å². The third kappa shape index (κ3) is 5.28. The molecule has 0 aromatic heterocycles. The maximum atomic E-state index is 11.1. The third-order valence-electron chi connectivity index (χ3n) is 1.34. The summed E-state index contributed by atoms with van der Waals surface area (Å²) in [5.41, 5.74) is 0. The van der Waals surface area contributed by atoms with Crippen molar-refractivity contribution in [1.29, 1.82) is 0 Å². The smallest absolute Gasteiger partial charge is 0.331 e. The second kappa shape index (κ2) is 7.26. The van der Waals surface area contributed by atoms with Gasteiger partial charge in [0.25, 0.3) is 0 Å². The molecule has 12 heavy (non-hydrogen) atoms. The first-order valence-electron chi connectivity index (χ1n) is 4.06. The van der Waals surface area contributed by atoms with Gasteiger partial charge < -0.3 is 8.85 Å².